The van der Waals surface area contributed by atoms with Gasteiger partial charge >= 0.3 is 11.9 Å². The minimum Gasteiger partial charge on any atom is -0.481 e. The van der Waals surface area contributed by atoms with E-state index in [1.165, 1.54) is 18.7 Å². The lowest BCUT2D eigenvalue weighted by Crippen LogP contribution is -2.48. The van der Waals surface area contributed by atoms with E-state index in [0.29, 0.717) is 0 Å². The molecule has 7 heteroatoms. The number of rotatable bonds is 9. The molecule has 7 nitrogen and oxygen atoms in total. The van der Waals surface area contributed by atoms with Gasteiger partial charge in [-0.15, -0.1) is 0 Å². The number of hydrogen-bond donors (Lipinski definition) is 3. The standard InChI is InChI=1S/C13H24N2O5/c1-5-9(3)14-11(16)7-15(10(4)13(19)20)6-8(2)12(17)18/h8-10H,5-7H2,1-4H3,(H,14,16)(H,17,18)(H,19,20). The Hall–Kier alpha value is -1.63. The van der Waals surface area contributed by atoms with Crippen molar-refractivity contribution in [3.63, 3.8) is 0 Å². The van der Waals surface area contributed by atoms with Crippen LogP contribution >= 0.6 is 0 Å². The molecule has 0 aliphatic carbocycles. The molecule has 0 aromatic heterocycles. The molecule has 3 atom stereocenters. The van der Waals surface area contributed by atoms with Gasteiger partial charge in [-0.2, -0.15) is 0 Å². The van der Waals surface area contributed by atoms with Crippen LogP contribution in [-0.4, -0.2) is 58.1 Å². The first-order valence-electron chi connectivity index (χ1n) is 6.68. The van der Waals surface area contributed by atoms with Crippen LogP contribution in [0.3, 0.4) is 0 Å². The third-order valence-electron chi connectivity index (χ3n) is 3.20. The highest BCUT2D eigenvalue weighted by Gasteiger charge is 2.26. The molecule has 0 rings (SSSR count). The number of hydrogen-bond acceptors (Lipinski definition) is 4. The zero-order valence-corrected chi connectivity index (χ0v) is 12.4. The molecule has 20 heavy (non-hydrogen) atoms. The summed E-state index contributed by atoms with van der Waals surface area (Å²) in [5.41, 5.74) is 0. The van der Waals surface area contributed by atoms with E-state index in [1.807, 2.05) is 13.8 Å². The molecule has 0 radical (unpaired) electrons. The summed E-state index contributed by atoms with van der Waals surface area (Å²) in [6.07, 6.45) is 0.770. The zero-order chi connectivity index (χ0) is 15.9. The molecule has 0 aliphatic heterocycles. The fourth-order valence-corrected chi connectivity index (χ4v) is 1.55. The Morgan fingerprint density at radius 1 is 1.10 bits per heavy atom. The number of nitrogens with zero attached hydrogens (tertiary/aromatic N) is 1. The van der Waals surface area contributed by atoms with Crippen LogP contribution < -0.4 is 5.32 Å². The largest absolute Gasteiger partial charge is 0.481 e. The molecule has 3 unspecified atom stereocenters. The van der Waals surface area contributed by atoms with Crippen molar-refractivity contribution in [2.75, 3.05) is 13.1 Å². The number of aliphatic carboxylic acids is 2. The van der Waals surface area contributed by atoms with Crippen LogP contribution in [0.5, 0.6) is 0 Å². The van der Waals surface area contributed by atoms with Crippen LogP contribution in [0.25, 0.3) is 0 Å². The van der Waals surface area contributed by atoms with Crippen molar-refractivity contribution >= 4 is 17.8 Å². The van der Waals surface area contributed by atoms with Crippen LogP contribution in [0.4, 0.5) is 0 Å². The van der Waals surface area contributed by atoms with E-state index in [0.717, 1.165) is 6.42 Å². The average Bonchev–Trinajstić information content (AvgIpc) is 2.36. The predicted molar refractivity (Wildman–Crippen MR) is 73.4 cm³/mol. The molecule has 0 aromatic rings. The van der Waals surface area contributed by atoms with Gasteiger partial charge in [-0.05, 0) is 20.3 Å². The summed E-state index contributed by atoms with van der Waals surface area (Å²) in [5.74, 6) is -3.15. The summed E-state index contributed by atoms with van der Waals surface area (Å²) in [7, 11) is 0. The van der Waals surface area contributed by atoms with E-state index in [-0.39, 0.29) is 25.0 Å². The van der Waals surface area contributed by atoms with Gasteiger partial charge in [-0.25, -0.2) is 0 Å². The Morgan fingerprint density at radius 2 is 1.65 bits per heavy atom. The van der Waals surface area contributed by atoms with Gasteiger partial charge in [0, 0.05) is 12.6 Å². The van der Waals surface area contributed by atoms with Crippen LogP contribution in [0, 0.1) is 5.92 Å². The van der Waals surface area contributed by atoms with Crippen molar-refractivity contribution in [1.82, 2.24) is 10.2 Å². The number of carboxylic acid groups (broad SMARTS) is 2. The van der Waals surface area contributed by atoms with Gasteiger partial charge in [0.2, 0.25) is 5.91 Å². The zero-order valence-electron chi connectivity index (χ0n) is 12.4. The summed E-state index contributed by atoms with van der Waals surface area (Å²) >= 11 is 0. The Kier molecular flexibility index (Phi) is 7.83. The summed E-state index contributed by atoms with van der Waals surface area (Å²) in [6, 6.07) is -0.916. The van der Waals surface area contributed by atoms with E-state index in [1.54, 1.807) is 0 Å². The van der Waals surface area contributed by atoms with Gasteiger partial charge in [0.05, 0.1) is 12.5 Å². The number of nitrogens with one attached hydrogen (secondary N) is 1. The molecular weight excluding hydrogens is 264 g/mol. The molecular formula is C13H24N2O5. The topological polar surface area (TPSA) is 107 Å². The maximum absolute atomic E-state index is 11.8. The van der Waals surface area contributed by atoms with E-state index >= 15 is 0 Å². The third kappa shape index (κ3) is 6.51. The average molecular weight is 288 g/mol. The first-order chi connectivity index (χ1) is 9.18. The number of carbonyl (C=O) groups excluding carboxylic acids is 1. The van der Waals surface area contributed by atoms with Crippen LogP contribution in [0.15, 0.2) is 0 Å². The van der Waals surface area contributed by atoms with E-state index in [2.05, 4.69) is 5.32 Å². The van der Waals surface area contributed by atoms with Gasteiger partial charge < -0.3 is 15.5 Å². The lowest BCUT2D eigenvalue weighted by molar-refractivity contribution is -0.147. The second-order valence-corrected chi connectivity index (χ2v) is 5.06. The normalized spacial score (nSPS) is 15.4. The molecule has 0 saturated heterocycles. The first-order valence-corrected chi connectivity index (χ1v) is 6.68. The number of amides is 1. The van der Waals surface area contributed by atoms with Crippen molar-refractivity contribution in [1.29, 1.82) is 0 Å². The Morgan fingerprint density at radius 3 is 2.05 bits per heavy atom. The SMILES string of the molecule is CCC(C)NC(=O)CN(CC(C)C(=O)O)C(C)C(=O)O. The lowest BCUT2D eigenvalue weighted by Gasteiger charge is -2.27. The van der Waals surface area contributed by atoms with Crippen molar-refractivity contribution < 1.29 is 24.6 Å². The third-order valence-corrected chi connectivity index (χ3v) is 3.20. The second kappa shape index (κ2) is 8.52. The van der Waals surface area contributed by atoms with Crippen molar-refractivity contribution in [3.8, 4) is 0 Å². The monoisotopic (exact) mass is 288 g/mol. The summed E-state index contributed by atoms with van der Waals surface area (Å²) in [6.45, 7) is 6.58. The highest BCUT2D eigenvalue weighted by atomic mass is 16.4. The lowest BCUT2D eigenvalue weighted by atomic mass is 10.1. The Bertz CT molecular complexity index is 359. The molecule has 0 fully saturated rings. The highest BCUT2D eigenvalue weighted by Crippen LogP contribution is 2.06. The maximum Gasteiger partial charge on any atom is 0.320 e. The molecule has 0 saturated carbocycles. The summed E-state index contributed by atoms with van der Waals surface area (Å²) in [5, 5.41) is 20.7. The van der Waals surface area contributed by atoms with Crippen molar-refractivity contribution in [2.45, 2.75) is 46.2 Å². The Labute approximate surface area is 119 Å². The molecule has 116 valence electrons. The van der Waals surface area contributed by atoms with E-state index in [9.17, 15) is 14.4 Å². The maximum atomic E-state index is 11.8. The van der Waals surface area contributed by atoms with Crippen molar-refractivity contribution in [2.24, 2.45) is 5.92 Å². The minimum absolute atomic E-state index is 0.00128. The van der Waals surface area contributed by atoms with Crippen LogP contribution in [-0.2, 0) is 14.4 Å². The summed E-state index contributed by atoms with van der Waals surface area (Å²) < 4.78 is 0. The van der Waals surface area contributed by atoms with Crippen molar-refractivity contribution in [3.05, 3.63) is 0 Å². The van der Waals surface area contributed by atoms with E-state index < -0.39 is 23.9 Å². The fourth-order valence-electron chi connectivity index (χ4n) is 1.55. The van der Waals surface area contributed by atoms with Gasteiger partial charge in [-0.1, -0.05) is 13.8 Å². The van der Waals surface area contributed by atoms with Gasteiger partial charge in [0.25, 0.3) is 0 Å². The predicted octanol–water partition coefficient (Wildman–Crippen LogP) is 0.397. The molecule has 0 bridgehead atoms. The minimum atomic E-state index is -1.08. The molecule has 0 spiro atoms. The smallest absolute Gasteiger partial charge is 0.320 e. The number of carbonyl (C=O) groups is 3. The summed E-state index contributed by atoms with van der Waals surface area (Å²) in [4.78, 5) is 35.1. The Balaban J connectivity index is 4.73. The molecule has 1 amide bonds. The van der Waals surface area contributed by atoms with Gasteiger partial charge in [-0.3, -0.25) is 19.3 Å². The fraction of sp³-hybridized carbons (Fsp3) is 0.769. The van der Waals surface area contributed by atoms with E-state index in [4.69, 9.17) is 10.2 Å². The quantitative estimate of drug-likeness (QED) is 0.567. The molecule has 3 N–H and O–H groups in total. The number of carboxylic acids is 2. The molecule has 0 aromatic carbocycles. The first kappa shape index (κ1) is 18.4. The van der Waals surface area contributed by atoms with Crippen LogP contribution in [0.2, 0.25) is 0 Å². The van der Waals surface area contributed by atoms with Gasteiger partial charge in [0.15, 0.2) is 0 Å². The highest BCUT2D eigenvalue weighted by molar-refractivity contribution is 5.80. The molecule has 0 aliphatic rings. The second-order valence-electron chi connectivity index (χ2n) is 5.06. The van der Waals surface area contributed by atoms with Crippen LogP contribution in [0.1, 0.15) is 34.1 Å². The van der Waals surface area contributed by atoms with Gasteiger partial charge in [0.1, 0.15) is 6.04 Å². The molecule has 0 heterocycles.